The minimum absolute atomic E-state index is 0.300. The molecule has 19 heavy (non-hydrogen) atoms. The molecule has 0 aliphatic heterocycles. The Kier molecular flexibility index (Phi) is 2.72. The molecule has 0 aliphatic rings. The number of rotatable bonds is 2. The zero-order chi connectivity index (χ0) is 13.2. The monoisotopic (exact) mass is 255 g/mol. The van der Waals surface area contributed by atoms with Crippen LogP contribution in [0.15, 0.2) is 53.1 Å². The summed E-state index contributed by atoms with van der Waals surface area (Å²) in [6, 6.07) is 13.0. The molecule has 0 spiro atoms. The van der Waals surface area contributed by atoms with E-state index in [2.05, 4.69) is 10.1 Å². The molecule has 0 saturated heterocycles. The van der Waals surface area contributed by atoms with Crippen LogP contribution in [0.5, 0.6) is 0 Å². The lowest BCUT2D eigenvalue weighted by molar-refractivity contribution is 0.432. The van der Waals surface area contributed by atoms with Crippen molar-refractivity contribution >= 4 is 5.69 Å². The summed E-state index contributed by atoms with van der Waals surface area (Å²) in [5.41, 5.74) is 7.77. The van der Waals surface area contributed by atoms with E-state index in [0.717, 1.165) is 5.56 Å². The third-order valence-corrected chi connectivity index (χ3v) is 2.69. The highest BCUT2D eigenvalue weighted by molar-refractivity contribution is 5.61. The van der Waals surface area contributed by atoms with Crippen LogP contribution in [-0.4, -0.2) is 10.1 Å². The second kappa shape index (κ2) is 4.53. The van der Waals surface area contributed by atoms with Gasteiger partial charge in [0, 0.05) is 16.8 Å². The third kappa shape index (κ3) is 2.30. The fourth-order valence-corrected chi connectivity index (χ4v) is 1.68. The van der Waals surface area contributed by atoms with E-state index in [1.807, 2.05) is 0 Å². The van der Waals surface area contributed by atoms with E-state index in [9.17, 15) is 4.39 Å². The molecule has 1 heterocycles. The normalized spacial score (nSPS) is 10.6. The van der Waals surface area contributed by atoms with Gasteiger partial charge in [0.25, 0.3) is 5.89 Å². The Hall–Kier alpha value is -2.69. The highest BCUT2D eigenvalue weighted by Gasteiger charge is 2.10. The van der Waals surface area contributed by atoms with Gasteiger partial charge in [-0.2, -0.15) is 4.98 Å². The van der Waals surface area contributed by atoms with E-state index in [0.29, 0.717) is 23.0 Å². The molecule has 0 fully saturated rings. The van der Waals surface area contributed by atoms with E-state index < -0.39 is 0 Å². The highest BCUT2D eigenvalue weighted by atomic mass is 19.1. The van der Waals surface area contributed by atoms with Gasteiger partial charge < -0.3 is 10.3 Å². The van der Waals surface area contributed by atoms with Crippen LogP contribution in [0.3, 0.4) is 0 Å². The molecule has 0 atom stereocenters. The summed E-state index contributed by atoms with van der Waals surface area (Å²) in [6.45, 7) is 0. The lowest BCUT2D eigenvalue weighted by Gasteiger charge is -1.95. The number of nitrogen functional groups attached to an aromatic ring is 1. The van der Waals surface area contributed by atoms with Gasteiger partial charge in [0.1, 0.15) is 5.82 Å². The van der Waals surface area contributed by atoms with Gasteiger partial charge in [-0.05, 0) is 48.5 Å². The molecule has 3 rings (SSSR count). The fourth-order valence-electron chi connectivity index (χ4n) is 1.68. The topological polar surface area (TPSA) is 64.9 Å². The van der Waals surface area contributed by atoms with Crippen molar-refractivity contribution in [3.05, 3.63) is 54.3 Å². The predicted octanol–water partition coefficient (Wildman–Crippen LogP) is 3.12. The second-order valence-electron chi connectivity index (χ2n) is 4.05. The molecule has 0 aliphatic carbocycles. The van der Waals surface area contributed by atoms with Crippen LogP contribution >= 0.6 is 0 Å². The second-order valence-corrected chi connectivity index (χ2v) is 4.05. The third-order valence-electron chi connectivity index (χ3n) is 2.69. The summed E-state index contributed by atoms with van der Waals surface area (Å²) in [5, 5.41) is 3.88. The van der Waals surface area contributed by atoms with Crippen LogP contribution in [0.25, 0.3) is 22.8 Å². The molecule has 0 unspecified atom stereocenters. The van der Waals surface area contributed by atoms with Gasteiger partial charge in [0.15, 0.2) is 0 Å². The Labute approximate surface area is 108 Å². The maximum Gasteiger partial charge on any atom is 0.258 e. The summed E-state index contributed by atoms with van der Waals surface area (Å²) in [4.78, 5) is 4.27. The lowest BCUT2D eigenvalue weighted by Crippen LogP contribution is -1.84. The van der Waals surface area contributed by atoms with Gasteiger partial charge in [-0.15, -0.1) is 0 Å². The average molecular weight is 255 g/mol. The van der Waals surface area contributed by atoms with Gasteiger partial charge in [-0.1, -0.05) is 5.16 Å². The Morgan fingerprint density at radius 1 is 0.895 bits per heavy atom. The number of hydrogen-bond acceptors (Lipinski definition) is 4. The smallest absolute Gasteiger partial charge is 0.258 e. The Morgan fingerprint density at radius 2 is 1.53 bits per heavy atom. The molecule has 0 bridgehead atoms. The van der Waals surface area contributed by atoms with Crippen LogP contribution < -0.4 is 5.73 Å². The van der Waals surface area contributed by atoms with E-state index in [1.165, 1.54) is 12.1 Å². The molecule has 94 valence electrons. The number of aromatic nitrogens is 2. The first-order valence-electron chi connectivity index (χ1n) is 5.68. The molecule has 0 amide bonds. The number of anilines is 1. The molecule has 1 aromatic heterocycles. The van der Waals surface area contributed by atoms with Crippen molar-refractivity contribution in [2.45, 2.75) is 0 Å². The molecular weight excluding hydrogens is 245 g/mol. The van der Waals surface area contributed by atoms with Crippen LogP contribution in [-0.2, 0) is 0 Å². The van der Waals surface area contributed by atoms with Crippen molar-refractivity contribution < 1.29 is 8.91 Å². The molecule has 5 heteroatoms. The standard InChI is InChI=1S/C14H10FN3O/c15-11-5-1-9(2-6-11)13-17-14(19-18-13)10-3-7-12(16)8-4-10/h1-8H,16H2. The summed E-state index contributed by atoms with van der Waals surface area (Å²) in [6.07, 6.45) is 0. The van der Waals surface area contributed by atoms with Crippen molar-refractivity contribution in [2.24, 2.45) is 0 Å². The van der Waals surface area contributed by atoms with Crippen LogP contribution in [0.1, 0.15) is 0 Å². The predicted molar refractivity (Wildman–Crippen MR) is 69.5 cm³/mol. The number of nitrogens with two attached hydrogens (primary N) is 1. The first-order chi connectivity index (χ1) is 9.22. The summed E-state index contributed by atoms with van der Waals surface area (Å²) >= 11 is 0. The number of halogens is 1. The zero-order valence-electron chi connectivity index (χ0n) is 9.88. The van der Waals surface area contributed by atoms with Crippen molar-refractivity contribution in [3.8, 4) is 22.8 Å². The van der Waals surface area contributed by atoms with Gasteiger partial charge in [0.05, 0.1) is 0 Å². The average Bonchev–Trinajstić information content (AvgIpc) is 2.90. The van der Waals surface area contributed by atoms with Gasteiger partial charge in [0.2, 0.25) is 5.82 Å². The first kappa shape index (κ1) is 11.4. The Balaban J connectivity index is 1.95. The van der Waals surface area contributed by atoms with Crippen LogP contribution in [0.2, 0.25) is 0 Å². The largest absolute Gasteiger partial charge is 0.399 e. The minimum atomic E-state index is -0.300. The number of nitrogens with zero attached hydrogens (tertiary/aromatic N) is 2. The Bertz CT molecular complexity index is 629. The SMILES string of the molecule is Nc1ccc(-c2nc(-c3ccc(F)cc3)no2)cc1. The van der Waals surface area contributed by atoms with E-state index in [-0.39, 0.29) is 5.82 Å². The van der Waals surface area contributed by atoms with Crippen molar-refractivity contribution in [1.29, 1.82) is 0 Å². The van der Waals surface area contributed by atoms with Crippen LogP contribution in [0.4, 0.5) is 10.1 Å². The summed E-state index contributed by atoms with van der Waals surface area (Å²) < 4.78 is 18.0. The molecular formula is C14H10FN3O. The zero-order valence-corrected chi connectivity index (χ0v) is 9.88. The quantitative estimate of drug-likeness (QED) is 0.714. The molecule has 0 radical (unpaired) electrons. The van der Waals surface area contributed by atoms with Crippen molar-refractivity contribution in [1.82, 2.24) is 10.1 Å². The number of benzene rings is 2. The lowest BCUT2D eigenvalue weighted by atomic mass is 10.2. The summed E-state index contributed by atoms with van der Waals surface area (Å²) in [5.74, 6) is 0.525. The van der Waals surface area contributed by atoms with E-state index in [1.54, 1.807) is 36.4 Å². The highest BCUT2D eigenvalue weighted by Crippen LogP contribution is 2.22. The minimum Gasteiger partial charge on any atom is -0.399 e. The van der Waals surface area contributed by atoms with Gasteiger partial charge in [-0.3, -0.25) is 0 Å². The maximum absolute atomic E-state index is 12.8. The van der Waals surface area contributed by atoms with Crippen molar-refractivity contribution in [3.63, 3.8) is 0 Å². The molecule has 2 aromatic carbocycles. The fraction of sp³-hybridized carbons (Fsp3) is 0. The van der Waals surface area contributed by atoms with Crippen molar-refractivity contribution in [2.75, 3.05) is 5.73 Å². The van der Waals surface area contributed by atoms with E-state index in [4.69, 9.17) is 10.3 Å². The van der Waals surface area contributed by atoms with Gasteiger partial charge in [-0.25, -0.2) is 4.39 Å². The summed E-state index contributed by atoms with van der Waals surface area (Å²) in [7, 11) is 0. The Morgan fingerprint density at radius 3 is 2.21 bits per heavy atom. The number of hydrogen-bond donors (Lipinski definition) is 1. The van der Waals surface area contributed by atoms with E-state index >= 15 is 0 Å². The maximum atomic E-state index is 12.8. The molecule has 0 saturated carbocycles. The van der Waals surface area contributed by atoms with Gasteiger partial charge >= 0.3 is 0 Å². The molecule has 4 nitrogen and oxygen atoms in total. The van der Waals surface area contributed by atoms with Crippen LogP contribution in [0, 0.1) is 5.82 Å². The first-order valence-corrected chi connectivity index (χ1v) is 5.68. The molecule has 3 aromatic rings. The molecule has 2 N–H and O–H groups in total.